The zero-order valence-electron chi connectivity index (χ0n) is 18.4. The first-order valence-corrected chi connectivity index (χ1v) is 11.8. The molecule has 10 heteroatoms. The Morgan fingerprint density at radius 1 is 0.788 bits per heavy atom. The average molecular weight is 582 g/mol. The highest BCUT2D eigenvalue weighted by Gasteiger charge is 2.04. The summed E-state index contributed by atoms with van der Waals surface area (Å²) in [7, 11) is 3.18. The molecule has 0 aliphatic heterocycles. The molecule has 0 bridgehead atoms. The van der Waals surface area contributed by atoms with E-state index in [0.717, 1.165) is 26.5 Å². The van der Waals surface area contributed by atoms with E-state index in [1.165, 1.54) is 0 Å². The SMILES string of the molecule is COc1ccc(Br)c(C=NNC(=O)CCCCCC(=O)NN=Cc2cc(OC)ccc2Br)c1. The van der Waals surface area contributed by atoms with Gasteiger partial charge >= 0.3 is 0 Å². The second-order valence-corrected chi connectivity index (χ2v) is 8.63. The lowest BCUT2D eigenvalue weighted by atomic mass is 10.1. The molecule has 2 amide bonds. The molecule has 2 N–H and O–H groups in total. The molecule has 2 rings (SSSR count). The predicted molar refractivity (Wildman–Crippen MR) is 136 cm³/mol. The van der Waals surface area contributed by atoms with Gasteiger partial charge in [0.2, 0.25) is 11.8 Å². The van der Waals surface area contributed by atoms with Gasteiger partial charge in [0.25, 0.3) is 0 Å². The Morgan fingerprint density at radius 2 is 1.21 bits per heavy atom. The molecule has 0 unspecified atom stereocenters. The van der Waals surface area contributed by atoms with Gasteiger partial charge in [0.15, 0.2) is 0 Å². The van der Waals surface area contributed by atoms with Crippen molar-refractivity contribution in [2.24, 2.45) is 10.2 Å². The smallest absolute Gasteiger partial charge is 0.240 e. The Kier molecular flexibility index (Phi) is 11.6. The maximum Gasteiger partial charge on any atom is 0.240 e. The Bertz CT molecular complexity index is 932. The fraction of sp³-hybridized carbons (Fsp3) is 0.304. The molecule has 33 heavy (non-hydrogen) atoms. The van der Waals surface area contributed by atoms with Gasteiger partial charge in [0.1, 0.15) is 11.5 Å². The molecule has 0 saturated heterocycles. The maximum absolute atomic E-state index is 11.9. The zero-order valence-corrected chi connectivity index (χ0v) is 21.6. The van der Waals surface area contributed by atoms with Crippen LogP contribution < -0.4 is 20.3 Å². The van der Waals surface area contributed by atoms with Crippen molar-refractivity contribution < 1.29 is 19.1 Å². The van der Waals surface area contributed by atoms with Crippen LogP contribution in [0.5, 0.6) is 11.5 Å². The summed E-state index contributed by atoms with van der Waals surface area (Å²) in [6.07, 6.45) is 5.85. The van der Waals surface area contributed by atoms with Crippen LogP contribution in [0.25, 0.3) is 0 Å². The van der Waals surface area contributed by atoms with E-state index in [4.69, 9.17) is 9.47 Å². The van der Waals surface area contributed by atoms with E-state index in [0.29, 0.717) is 37.2 Å². The van der Waals surface area contributed by atoms with Crippen molar-refractivity contribution in [2.75, 3.05) is 14.2 Å². The standard InChI is InChI=1S/C23H26Br2N4O4/c1-32-18-8-10-20(24)16(12-18)14-26-28-22(30)6-4-3-5-7-23(31)29-27-15-17-13-19(33-2)9-11-21(17)25/h8-15H,3-7H2,1-2H3,(H,28,30)(H,29,31). The number of hydrogen-bond acceptors (Lipinski definition) is 6. The molecule has 8 nitrogen and oxygen atoms in total. The van der Waals surface area contributed by atoms with Crippen LogP contribution in [-0.4, -0.2) is 38.5 Å². The van der Waals surface area contributed by atoms with Gasteiger partial charge in [0.05, 0.1) is 26.6 Å². The molecule has 2 aromatic carbocycles. The van der Waals surface area contributed by atoms with Crippen molar-refractivity contribution in [1.82, 2.24) is 10.9 Å². The number of carbonyl (C=O) groups is 2. The van der Waals surface area contributed by atoms with Gasteiger partial charge in [-0.1, -0.05) is 38.3 Å². The lowest BCUT2D eigenvalue weighted by molar-refractivity contribution is -0.121. The Hall–Kier alpha value is -2.72. The van der Waals surface area contributed by atoms with Crippen LogP contribution in [-0.2, 0) is 9.59 Å². The number of amides is 2. The van der Waals surface area contributed by atoms with Crippen LogP contribution in [0.2, 0.25) is 0 Å². The van der Waals surface area contributed by atoms with Crippen molar-refractivity contribution in [3.63, 3.8) is 0 Å². The zero-order chi connectivity index (χ0) is 24.1. The molecule has 2 aromatic rings. The third kappa shape index (κ3) is 9.75. The molecule has 0 spiro atoms. The minimum absolute atomic E-state index is 0.178. The molecule has 0 fully saturated rings. The minimum Gasteiger partial charge on any atom is -0.497 e. The molecular formula is C23H26Br2N4O4. The average Bonchev–Trinajstić information content (AvgIpc) is 2.81. The summed E-state index contributed by atoms with van der Waals surface area (Å²) in [4.78, 5) is 23.8. The van der Waals surface area contributed by atoms with Crippen LogP contribution in [0.15, 0.2) is 55.5 Å². The van der Waals surface area contributed by atoms with Gasteiger partial charge in [0, 0.05) is 32.9 Å². The van der Waals surface area contributed by atoms with Gasteiger partial charge in [-0.2, -0.15) is 10.2 Å². The van der Waals surface area contributed by atoms with Gasteiger partial charge in [-0.15, -0.1) is 0 Å². The van der Waals surface area contributed by atoms with E-state index in [1.54, 1.807) is 26.6 Å². The van der Waals surface area contributed by atoms with Crippen molar-refractivity contribution >= 4 is 56.1 Å². The van der Waals surface area contributed by atoms with Crippen LogP contribution in [0, 0.1) is 0 Å². The van der Waals surface area contributed by atoms with E-state index in [2.05, 4.69) is 52.9 Å². The molecular weight excluding hydrogens is 556 g/mol. The normalized spacial score (nSPS) is 11.0. The number of hydrogen-bond donors (Lipinski definition) is 2. The number of unbranched alkanes of at least 4 members (excludes halogenated alkanes) is 2. The van der Waals surface area contributed by atoms with Crippen molar-refractivity contribution in [3.8, 4) is 11.5 Å². The molecule has 0 saturated carbocycles. The second kappa shape index (κ2) is 14.4. The summed E-state index contributed by atoms with van der Waals surface area (Å²) in [6, 6.07) is 11.0. The summed E-state index contributed by atoms with van der Waals surface area (Å²) in [5, 5.41) is 7.96. The van der Waals surface area contributed by atoms with E-state index in [1.807, 2.05) is 36.4 Å². The number of rotatable bonds is 12. The largest absolute Gasteiger partial charge is 0.497 e. The van der Waals surface area contributed by atoms with E-state index >= 15 is 0 Å². The summed E-state index contributed by atoms with van der Waals surface area (Å²) in [6.45, 7) is 0. The van der Waals surface area contributed by atoms with E-state index in [-0.39, 0.29) is 11.8 Å². The molecule has 0 radical (unpaired) electrons. The Labute approximate surface area is 210 Å². The monoisotopic (exact) mass is 580 g/mol. The number of carbonyl (C=O) groups excluding carboxylic acids is 2. The highest BCUT2D eigenvalue weighted by atomic mass is 79.9. The fourth-order valence-electron chi connectivity index (χ4n) is 2.70. The van der Waals surface area contributed by atoms with Gasteiger partial charge < -0.3 is 9.47 Å². The highest BCUT2D eigenvalue weighted by molar-refractivity contribution is 9.10. The first kappa shape index (κ1) is 26.5. The van der Waals surface area contributed by atoms with Crippen LogP contribution in [0.1, 0.15) is 43.2 Å². The van der Waals surface area contributed by atoms with Crippen molar-refractivity contribution in [2.45, 2.75) is 32.1 Å². The number of benzene rings is 2. The molecule has 0 heterocycles. The summed E-state index contributed by atoms with van der Waals surface area (Å²) >= 11 is 6.85. The van der Waals surface area contributed by atoms with Gasteiger partial charge in [-0.3, -0.25) is 9.59 Å². The van der Waals surface area contributed by atoms with E-state index < -0.39 is 0 Å². The van der Waals surface area contributed by atoms with Crippen molar-refractivity contribution in [1.29, 1.82) is 0 Å². The summed E-state index contributed by atoms with van der Waals surface area (Å²) in [5.74, 6) is 1.05. The number of nitrogens with zero attached hydrogens (tertiary/aromatic N) is 2. The van der Waals surface area contributed by atoms with Gasteiger partial charge in [-0.05, 0) is 49.2 Å². The fourth-order valence-corrected chi connectivity index (χ4v) is 3.40. The van der Waals surface area contributed by atoms with E-state index in [9.17, 15) is 9.59 Å². The molecule has 0 aromatic heterocycles. The lowest BCUT2D eigenvalue weighted by Gasteiger charge is -2.04. The van der Waals surface area contributed by atoms with Crippen molar-refractivity contribution in [3.05, 3.63) is 56.5 Å². The topological polar surface area (TPSA) is 101 Å². The number of methoxy groups -OCH3 is 2. The molecule has 0 aliphatic rings. The number of nitrogens with one attached hydrogen (secondary N) is 2. The first-order chi connectivity index (χ1) is 15.9. The summed E-state index contributed by atoms with van der Waals surface area (Å²) < 4.78 is 12.0. The third-order valence-electron chi connectivity index (χ3n) is 4.50. The second-order valence-electron chi connectivity index (χ2n) is 6.92. The van der Waals surface area contributed by atoms with Crippen LogP contribution >= 0.6 is 31.9 Å². The highest BCUT2D eigenvalue weighted by Crippen LogP contribution is 2.21. The molecule has 176 valence electrons. The van der Waals surface area contributed by atoms with Crippen LogP contribution in [0.4, 0.5) is 0 Å². The Balaban J connectivity index is 1.62. The molecule has 0 atom stereocenters. The lowest BCUT2D eigenvalue weighted by Crippen LogP contribution is -2.18. The maximum atomic E-state index is 11.9. The summed E-state index contributed by atoms with van der Waals surface area (Å²) in [5.41, 5.74) is 6.61. The first-order valence-electron chi connectivity index (χ1n) is 10.2. The number of halogens is 2. The third-order valence-corrected chi connectivity index (χ3v) is 5.94. The number of hydrazone groups is 2. The molecule has 0 aliphatic carbocycles. The van der Waals surface area contributed by atoms with Gasteiger partial charge in [-0.25, -0.2) is 10.9 Å². The number of ether oxygens (including phenoxy) is 2. The quantitative estimate of drug-likeness (QED) is 0.214. The predicted octanol–water partition coefficient (Wildman–Crippen LogP) is 4.78. The van der Waals surface area contributed by atoms with Crippen LogP contribution in [0.3, 0.4) is 0 Å². The minimum atomic E-state index is -0.178. The Morgan fingerprint density at radius 3 is 1.61 bits per heavy atom.